The Kier molecular flexibility index (Phi) is 2.18. The zero-order valence-electron chi connectivity index (χ0n) is 8.63. The Bertz CT molecular complexity index is 576. The number of hydrogen-bond acceptors (Lipinski definition) is 1. The van der Waals surface area contributed by atoms with Gasteiger partial charge in [0, 0.05) is 9.86 Å². The monoisotopic (exact) mass is 279 g/mol. The molecule has 1 aliphatic carbocycles. The van der Waals surface area contributed by atoms with E-state index in [4.69, 9.17) is 5.73 Å². The van der Waals surface area contributed by atoms with Crippen molar-refractivity contribution in [2.24, 2.45) is 0 Å². The van der Waals surface area contributed by atoms with Crippen molar-refractivity contribution >= 4 is 32.4 Å². The van der Waals surface area contributed by atoms with E-state index in [0.29, 0.717) is 11.6 Å². The predicted molar refractivity (Wildman–Crippen MR) is 68.0 cm³/mol. The minimum Gasteiger partial charge on any atom is -0.397 e. The highest BCUT2D eigenvalue weighted by Gasteiger charge is 2.26. The Morgan fingerprint density at radius 1 is 1.19 bits per heavy atom. The Morgan fingerprint density at radius 2 is 1.94 bits per heavy atom. The molecule has 0 saturated heterocycles. The van der Waals surface area contributed by atoms with Crippen LogP contribution in [0.25, 0.3) is 10.8 Å². The minimum atomic E-state index is -0.237. The van der Waals surface area contributed by atoms with E-state index in [1.54, 1.807) is 0 Å². The summed E-state index contributed by atoms with van der Waals surface area (Å²) in [7, 11) is 0. The zero-order chi connectivity index (χ0) is 11.3. The van der Waals surface area contributed by atoms with E-state index < -0.39 is 0 Å². The number of rotatable bonds is 1. The Hall–Kier alpha value is -1.09. The van der Waals surface area contributed by atoms with E-state index in [2.05, 4.69) is 22.0 Å². The first kappa shape index (κ1) is 10.1. The van der Waals surface area contributed by atoms with Crippen LogP contribution >= 0.6 is 15.9 Å². The number of halogens is 2. The molecule has 0 bridgehead atoms. The molecule has 1 saturated carbocycles. The van der Waals surface area contributed by atoms with Crippen LogP contribution in [0, 0.1) is 5.82 Å². The fourth-order valence-electron chi connectivity index (χ4n) is 2.14. The molecule has 0 amide bonds. The molecule has 0 aliphatic heterocycles. The number of nitrogen functional groups attached to an aromatic ring is 1. The van der Waals surface area contributed by atoms with Crippen molar-refractivity contribution in [3.8, 4) is 0 Å². The maximum absolute atomic E-state index is 13.2. The summed E-state index contributed by atoms with van der Waals surface area (Å²) in [5.74, 6) is 0.393. The quantitative estimate of drug-likeness (QED) is 0.778. The summed E-state index contributed by atoms with van der Waals surface area (Å²) in [6.45, 7) is 0. The molecule has 2 aromatic carbocycles. The number of nitrogens with two attached hydrogens (primary N) is 1. The number of fused-ring (bicyclic) bond motifs is 1. The summed E-state index contributed by atoms with van der Waals surface area (Å²) >= 11 is 3.44. The van der Waals surface area contributed by atoms with Crippen LogP contribution in [0.15, 0.2) is 28.7 Å². The van der Waals surface area contributed by atoms with Gasteiger partial charge in [-0.25, -0.2) is 4.39 Å². The van der Waals surface area contributed by atoms with Gasteiger partial charge in [0.25, 0.3) is 0 Å². The summed E-state index contributed by atoms with van der Waals surface area (Å²) in [5.41, 5.74) is 7.88. The van der Waals surface area contributed by atoms with Crippen LogP contribution in [-0.4, -0.2) is 0 Å². The summed E-state index contributed by atoms with van der Waals surface area (Å²) in [6, 6.07) is 6.93. The van der Waals surface area contributed by atoms with Crippen LogP contribution < -0.4 is 5.73 Å². The number of anilines is 1. The third kappa shape index (κ3) is 1.50. The minimum absolute atomic E-state index is 0.237. The number of benzene rings is 2. The molecule has 0 radical (unpaired) electrons. The molecular weight excluding hydrogens is 269 g/mol. The second kappa shape index (κ2) is 3.45. The van der Waals surface area contributed by atoms with E-state index in [0.717, 1.165) is 15.2 Å². The summed E-state index contributed by atoms with van der Waals surface area (Å²) in [5, 5.41) is 1.90. The molecule has 1 fully saturated rings. The van der Waals surface area contributed by atoms with E-state index in [1.165, 1.54) is 30.5 Å². The molecule has 3 heteroatoms. The third-order valence-corrected chi connectivity index (χ3v) is 3.80. The van der Waals surface area contributed by atoms with Crippen molar-refractivity contribution in [2.75, 3.05) is 5.73 Å². The lowest BCUT2D eigenvalue weighted by Gasteiger charge is -2.10. The predicted octanol–water partition coefficient (Wildman–Crippen LogP) is 4.20. The Morgan fingerprint density at radius 3 is 2.62 bits per heavy atom. The van der Waals surface area contributed by atoms with Crippen molar-refractivity contribution in [1.82, 2.24) is 0 Å². The van der Waals surface area contributed by atoms with E-state index >= 15 is 0 Å². The Balaban J connectivity index is 2.39. The topological polar surface area (TPSA) is 26.0 Å². The highest BCUT2D eigenvalue weighted by atomic mass is 79.9. The molecule has 0 heterocycles. The van der Waals surface area contributed by atoms with Gasteiger partial charge in [-0.05, 0) is 63.8 Å². The molecule has 1 nitrogen and oxygen atoms in total. The van der Waals surface area contributed by atoms with Crippen molar-refractivity contribution in [2.45, 2.75) is 18.8 Å². The van der Waals surface area contributed by atoms with Gasteiger partial charge >= 0.3 is 0 Å². The molecule has 0 aromatic heterocycles. The molecule has 2 N–H and O–H groups in total. The fourth-order valence-corrected chi connectivity index (χ4v) is 2.60. The SMILES string of the molecule is Nc1c(Br)cc(C2CC2)c2ccc(F)cc12. The van der Waals surface area contributed by atoms with Crippen molar-refractivity contribution in [3.05, 3.63) is 40.1 Å². The average Bonchev–Trinajstić information content (AvgIpc) is 3.07. The average molecular weight is 280 g/mol. The zero-order valence-corrected chi connectivity index (χ0v) is 10.2. The largest absolute Gasteiger partial charge is 0.397 e. The summed E-state index contributed by atoms with van der Waals surface area (Å²) in [6.07, 6.45) is 2.45. The van der Waals surface area contributed by atoms with Gasteiger partial charge in [-0.2, -0.15) is 0 Å². The van der Waals surface area contributed by atoms with E-state index in [1.807, 2.05) is 6.07 Å². The van der Waals surface area contributed by atoms with Crippen molar-refractivity contribution in [1.29, 1.82) is 0 Å². The van der Waals surface area contributed by atoms with Gasteiger partial charge in [0.05, 0.1) is 5.69 Å². The highest BCUT2D eigenvalue weighted by molar-refractivity contribution is 9.10. The first-order valence-corrected chi connectivity index (χ1v) is 6.13. The van der Waals surface area contributed by atoms with Crippen LogP contribution in [0.3, 0.4) is 0 Å². The van der Waals surface area contributed by atoms with Crippen molar-refractivity contribution in [3.63, 3.8) is 0 Å². The van der Waals surface area contributed by atoms with Crippen molar-refractivity contribution < 1.29 is 4.39 Å². The van der Waals surface area contributed by atoms with Crippen LogP contribution in [0.1, 0.15) is 24.3 Å². The third-order valence-electron chi connectivity index (χ3n) is 3.14. The molecule has 0 atom stereocenters. The first-order valence-electron chi connectivity index (χ1n) is 5.34. The lowest BCUT2D eigenvalue weighted by molar-refractivity contribution is 0.629. The lowest BCUT2D eigenvalue weighted by Crippen LogP contribution is -1.93. The van der Waals surface area contributed by atoms with E-state index in [-0.39, 0.29) is 5.82 Å². The molecule has 82 valence electrons. The highest BCUT2D eigenvalue weighted by Crippen LogP contribution is 2.46. The summed E-state index contributed by atoms with van der Waals surface area (Å²) in [4.78, 5) is 0. The Labute approximate surface area is 102 Å². The fraction of sp³-hybridized carbons (Fsp3) is 0.231. The lowest BCUT2D eigenvalue weighted by atomic mass is 10.00. The van der Waals surface area contributed by atoms with Gasteiger partial charge in [0.1, 0.15) is 5.82 Å². The maximum Gasteiger partial charge on any atom is 0.123 e. The molecule has 16 heavy (non-hydrogen) atoms. The second-order valence-corrected chi connectivity index (χ2v) is 5.18. The molecule has 3 rings (SSSR count). The molecular formula is C13H11BrFN. The van der Waals surface area contributed by atoms with Gasteiger partial charge < -0.3 is 5.73 Å². The second-order valence-electron chi connectivity index (χ2n) is 4.33. The van der Waals surface area contributed by atoms with Gasteiger partial charge in [-0.3, -0.25) is 0 Å². The van der Waals surface area contributed by atoms with Crippen LogP contribution in [0.5, 0.6) is 0 Å². The van der Waals surface area contributed by atoms with Gasteiger partial charge in [-0.15, -0.1) is 0 Å². The molecule has 2 aromatic rings. The number of hydrogen-bond donors (Lipinski definition) is 1. The normalized spacial score (nSPS) is 15.6. The first-order chi connectivity index (χ1) is 7.66. The van der Waals surface area contributed by atoms with Crippen LogP contribution in [-0.2, 0) is 0 Å². The van der Waals surface area contributed by atoms with Gasteiger partial charge in [0.15, 0.2) is 0 Å². The smallest absolute Gasteiger partial charge is 0.123 e. The standard InChI is InChI=1S/C13H11BrFN/c14-12-6-10(7-1-2-7)9-4-3-8(15)5-11(9)13(12)16/h3-7H,1-2,16H2. The van der Waals surface area contributed by atoms with Crippen LogP contribution in [0.4, 0.5) is 10.1 Å². The van der Waals surface area contributed by atoms with E-state index in [9.17, 15) is 4.39 Å². The maximum atomic E-state index is 13.2. The summed E-state index contributed by atoms with van der Waals surface area (Å²) < 4.78 is 14.1. The molecule has 1 aliphatic rings. The van der Waals surface area contributed by atoms with Crippen LogP contribution in [0.2, 0.25) is 0 Å². The van der Waals surface area contributed by atoms with Gasteiger partial charge in [0.2, 0.25) is 0 Å². The molecule has 0 spiro atoms. The van der Waals surface area contributed by atoms with Gasteiger partial charge in [-0.1, -0.05) is 6.07 Å². The molecule has 0 unspecified atom stereocenters.